The van der Waals surface area contributed by atoms with E-state index in [1.807, 2.05) is 6.92 Å². The Kier molecular flexibility index (Phi) is 5.04. The number of nitrogens with zero attached hydrogens (tertiary/aromatic N) is 2. The van der Waals surface area contributed by atoms with E-state index >= 15 is 0 Å². The van der Waals surface area contributed by atoms with Gasteiger partial charge in [-0.2, -0.15) is 0 Å². The van der Waals surface area contributed by atoms with Gasteiger partial charge in [-0.15, -0.1) is 0 Å². The maximum Gasteiger partial charge on any atom is 0.323 e. The van der Waals surface area contributed by atoms with Crippen molar-refractivity contribution in [3.8, 4) is 0 Å². The SMILES string of the molecule is CC1CN(C)CCCN1CCC(C)(NC1CC1)C(=O)O. The van der Waals surface area contributed by atoms with Gasteiger partial charge in [0.2, 0.25) is 0 Å². The van der Waals surface area contributed by atoms with Gasteiger partial charge < -0.3 is 10.0 Å². The zero-order chi connectivity index (χ0) is 14.8. The number of hydrogen-bond donors (Lipinski definition) is 2. The van der Waals surface area contributed by atoms with Crippen LogP contribution in [0, 0.1) is 0 Å². The molecular formula is C15H29N3O2. The minimum Gasteiger partial charge on any atom is -0.480 e. The predicted molar refractivity (Wildman–Crippen MR) is 80.0 cm³/mol. The van der Waals surface area contributed by atoms with Crippen molar-refractivity contribution in [1.82, 2.24) is 15.1 Å². The largest absolute Gasteiger partial charge is 0.480 e. The third kappa shape index (κ3) is 4.17. The van der Waals surface area contributed by atoms with Crippen molar-refractivity contribution >= 4 is 5.97 Å². The Labute approximate surface area is 122 Å². The molecule has 2 N–H and O–H groups in total. The molecule has 5 heteroatoms. The van der Waals surface area contributed by atoms with Gasteiger partial charge in [-0.3, -0.25) is 15.0 Å². The van der Waals surface area contributed by atoms with Crippen molar-refractivity contribution < 1.29 is 9.90 Å². The molecule has 0 amide bonds. The van der Waals surface area contributed by atoms with E-state index in [1.165, 1.54) is 6.42 Å². The second-order valence-electron chi connectivity index (χ2n) is 6.81. The third-order valence-corrected chi connectivity index (χ3v) is 4.66. The first-order chi connectivity index (χ1) is 9.40. The Morgan fingerprint density at radius 2 is 2.10 bits per heavy atom. The van der Waals surface area contributed by atoms with Crippen LogP contribution in [0.1, 0.15) is 39.5 Å². The number of hydrogen-bond acceptors (Lipinski definition) is 4. The number of aliphatic carboxylic acids is 1. The van der Waals surface area contributed by atoms with Crippen LogP contribution in [0.2, 0.25) is 0 Å². The summed E-state index contributed by atoms with van der Waals surface area (Å²) in [6.07, 6.45) is 4.08. The van der Waals surface area contributed by atoms with Gasteiger partial charge >= 0.3 is 5.97 Å². The molecule has 1 aliphatic heterocycles. The molecule has 116 valence electrons. The summed E-state index contributed by atoms with van der Waals surface area (Å²) in [5, 5.41) is 12.8. The molecule has 20 heavy (non-hydrogen) atoms. The fourth-order valence-corrected chi connectivity index (χ4v) is 3.04. The first-order valence-corrected chi connectivity index (χ1v) is 7.84. The lowest BCUT2D eigenvalue weighted by Crippen LogP contribution is -2.53. The highest BCUT2D eigenvalue weighted by molar-refractivity contribution is 5.78. The number of nitrogens with one attached hydrogen (secondary N) is 1. The Bertz CT molecular complexity index is 346. The molecule has 1 saturated carbocycles. The second kappa shape index (κ2) is 6.41. The van der Waals surface area contributed by atoms with E-state index in [-0.39, 0.29) is 0 Å². The average molecular weight is 283 g/mol. The van der Waals surface area contributed by atoms with Gasteiger partial charge in [0, 0.05) is 25.2 Å². The van der Waals surface area contributed by atoms with Crippen molar-refractivity contribution in [2.75, 3.05) is 33.2 Å². The van der Waals surface area contributed by atoms with E-state index in [2.05, 4.69) is 29.1 Å². The Morgan fingerprint density at radius 3 is 2.70 bits per heavy atom. The van der Waals surface area contributed by atoms with Crippen molar-refractivity contribution in [2.45, 2.75) is 57.2 Å². The van der Waals surface area contributed by atoms with E-state index < -0.39 is 11.5 Å². The molecule has 1 saturated heterocycles. The van der Waals surface area contributed by atoms with Crippen LogP contribution in [-0.4, -0.2) is 71.7 Å². The molecule has 2 atom stereocenters. The summed E-state index contributed by atoms with van der Waals surface area (Å²) in [7, 11) is 2.16. The fraction of sp³-hybridized carbons (Fsp3) is 0.933. The molecule has 1 heterocycles. The summed E-state index contributed by atoms with van der Waals surface area (Å²) in [5.74, 6) is -0.719. The lowest BCUT2D eigenvalue weighted by molar-refractivity contribution is -0.144. The van der Waals surface area contributed by atoms with E-state index in [0.717, 1.165) is 39.0 Å². The third-order valence-electron chi connectivity index (χ3n) is 4.66. The van der Waals surface area contributed by atoms with Crippen LogP contribution >= 0.6 is 0 Å². The summed E-state index contributed by atoms with van der Waals surface area (Å²) < 4.78 is 0. The van der Waals surface area contributed by atoms with Crippen molar-refractivity contribution in [1.29, 1.82) is 0 Å². The van der Waals surface area contributed by atoms with E-state index in [1.54, 1.807) is 0 Å². The van der Waals surface area contributed by atoms with Crippen molar-refractivity contribution in [2.24, 2.45) is 0 Å². The second-order valence-corrected chi connectivity index (χ2v) is 6.81. The molecule has 0 radical (unpaired) electrons. The highest BCUT2D eigenvalue weighted by Gasteiger charge is 2.38. The van der Waals surface area contributed by atoms with E-state index in [4.69, 9.17) is 0 Å². The molecule has 0 bridgehead atoms. The number of carboxylic acids is 1. The molecular weight excluding hydrogens is 254 g/mol. The van der Waals surface area contributed by atoms with E-state index in [0.29, 0.717) is 18.5 Å². The van der Waals surface area contributed by atoms with Gasteiger partial charge in [0.1, 0.15) is 5.54 Å². The van der Waals surface area contributed by atoms with Crippen molar-refractivity contribution in [3.63, 3.8) is 0 Å². The van der Waals surface area contributed by atoms with E-state index in [9.17, 15) is 9.90 Å². The predicted octanol–water partition coefficient (Wildman–Crippen LogP) is 0.998. The topological polar surface area (TPSA) is 55.8 Å². The van der Waals surface area contributed by atoms with Gasteiger partial charge in [-0.1, -0.05) is 0 Å². The van der Waals surface area contributed by atoms with Crippen molar-refractivity contribution in [3.05, 3.63) is 0 Å². The molecule has 0 aromatic carbocycles. The van der Waals surface area contributed by atoms with Crippen LogP contribution in [0.5, 0.6) is 0 Å². The molecule has 0 aromatic rings. The summed E-state index contributed by atoms with van der Waals surface area (Å²) in [4.78, 5) is 16.4. The molecule has 0 aromatic heterocycles. The van der Waals surface area contributed by atoms with Crippen LogP contribution in [0.3, 0.4) is 0 Å². The normalized spacial score (nSPS) is 28.9. The number of rotatable bonds is 6. The molecule has 2 unspecified atom stereocenters. The quantitative estimate of drug-likeness (QED) is 0.761. The zero-order valence-corrected chi connectivity index (χ0v) is 13.1. The molecule has 2 aliphatic rings. The first kappa shape index (κ1) is 15.7. The standard InChI is InChI=1S/C15H29N3O2/c1-12-11-17(3)8-4-9-18(12)10-7-15(2,14(19)20)16-13-5-6-13/h12-13,16H,4-11H2,1-3H3,(H,19,20). The summed E-state index contributed by atoms with van der Waals surface area (Å²) >= 11 is 0. The Balaban J connectivity index is 1.89. The maximum absolute atomic E-state index is 11.6. The Hall–Kier alpha value is -0.650. The van der Waals surface area contributed by atoms with Crippen LogP contribution in [0.15, 0.2) is 0 Å². The van der Waals surface area contributed by atoms with Crippen LogP contribution in [0.25, 0.3) is 0 Å². The number of likely N-dealkylation sites (N-methyl/N-ethyl adjacent to an activating group) is 1. The lowest BCUT2D eigenvalue weighted by Gasteiger charge is -2.32. The minimum absolute atomic E-state index is 0.420. The fourth-order valence-electron chi connectivity index (χ4n) is 3.04. The van der Waals surface area contributed by atoms with Gasteiger partial charge in [-0.05, 0) is 59.7 Å². The lowest BCUT2D eigenvalue weighted by atomic mass is 9.97. The number of carbonyl (C=O) groups is 1. The molecule has 0 spiro atoms. The van der Waals surface area contributed by atoms with Gasteiger partial charge in [0.05, 0.1) is 0 Å². The Morgan fingerprint density at radius 1 is 1.40 bits per heavy atom. The molecule has 2 rings (SSSR count). The highest BCUT2D eigenvalue weighted by atomic mass is 16.4. The monoisotopic (exact) mass is 283 g/mol. The zero-order valence-electron chi connectivity index (χ0n) is 13.1. The molecule has 5 nitrogen and oxygen atoms in total. The van der Waals surface area contributed by atoms with Gasteiger partial charge in [0.25, 0.3) is 0 Å². The minimum atomic E-state index is -0.779. The van der Waals surface area contributed by atoms with Gasteiger partial charge in [0.15, 0.2) is 0 Å². The summed E-state index contributed by atoms with van der Waals surface area (Å²) in [5.41, 5.74) is -0.779. The molecule has 1 aliphatic carbocycles. The van der Waals surface area contributed by atoms with Crippen LogP contribution in [0.4, 0.5) is 0 Å². The highest BCUT2D eigenvalue weighted by Crippen LogP contribution is 2.25. The van der Waals surface area contributed by atoms with Crippen LogP contribution < -0.4 is 5.32 Å². The average Bonchev–Trinajstić information content (AvgIpc) is 3.16. The first-order valence-electron chi connectivity index (χ1n) is 7.84. The summed E-state index contributed by atoms with van der Waals surface area (Å²) in [6, 6.07) is 0.922. The van der Waals surface area contributed by atoms with Crippen LogP contribution in [-0.2, 0) is 4.79 Å². The maximum atomic E-state index is 11.6. The molecule has 2 fully saturated rings. The number of carboxylic acid groups (broad SMARTS) is 1. The smallest absolute Gasteiger partial charge is 0.323 e. The van der Waals surface area contributed by atoms with Gasteiger partial charge in [-0.25, -0.2) is 0 Å². The summed E-state index contributed by atoms with van der Waals surface area (Å²) in [6.45, 7) is 8.22.